The molecule has 2 heterocycles. The van der Waals surface area contributed by atoms with Gasteiger partial charge in [0, 0.05) is 28.7 Å². The molecule has 0 radical (unpaired) electrons. The molecule has 26 heavy (non-hydrogen) atoms. The minimum Gasteiger partial charge on any atom is -0.366 e. The Balaban J connectivity index is 1.80. The molecule has 0 saturated heterocycles. The first-order chi connectivity index (χ1) is 12.6. The SMILES string of the molecule is N#CN1CC(Nc2ccc(C(N)=O)cc2)=C(C(=N)Nc2ccccn2)C1. The monoisotopic (exact) mass is 347 g/mol. The van der Waals surface area contributed by atoms with E-state index in [0.717, 1.165) is 11.4 Å². The van der Waals surface area contributed by atoms with Crippen molar-refractivity contribution in [3.05, 3.63) is 65.5 Å². The highest BCUT2D eigenvalue weighted by molar-refractivity contribution is 6.07. The van der Waals surface area contributed by atoms with Crippen molar-refractivity contribution in [2.24, 2.45) is 5.73 Å². The first-order valence-electron chi connectivity index (χ1n) is 7.87. The molecule has 0 spiro atoms. The van der Waals surface area contributed by atoms with Crippen LogP contribution in [-0.2, 0) is 0 Å². The molecule has 1 aromatic carbocycles. The summed E-state index contributed by atoms with van der Waals surface area (Å²) in [5.74, 6) is 0.248. The predicted molar refractivity (Wildman–Crippen MR) is 98.4 cm³/mol. The Morgan fingerprint density at radius 2 is 2.00 bits per heavy atom. The number of nitrogens with two attached hydrogens (primary N) is 1. The number of rotatable bonds is 5. The highest BCUT2D eigenvalue weighted by Gasteiger charge is 2.24. The van der Waals surface area contributed by atoms with Crippen LogP contribution in [0.15, 0.2) is 59.9 Å². The summed E-state index contributed by atoms with van der Waals surface area (Å²) in [4.78, 5) is 16.9. The van der Waals surface area contributed by atoms with Crippen LogP contribution in [0.2, 0.25) is 0 Å². The number of hydrogen-bond donors (Lipinski definition) is 4. The van der Waals surface area contributed by atoms with Gasteiger partial charge in [-0.3, -0.25) is 10.2 Å². The lowest BCUT2D eigenvalue weighted by molar-refractivity contribution is 0.100. The number of carbonyl (C=O) groups is 1. The molecular formula is C18H17N7O. The van der Waals surface area contributed by atoms with Crippen molar-refractivity contribution in [3.8, 4) is 6.19 Å². The van der Waals surface area contributed by atoms with E-state index < -0.39 is 5.91 Å². The van der Waals surface area contributed by atoms with E-state index in [1.807, 2.05) is 6.07 Å². The van der Waals surface area contributed by atoms with Gasteiger partial charge in [0.25, 0.3) is 0 Å². The number of pyridine rings is 1. The number of aromatic nitrogens is 1. The number of nitrogens with zero attached hydrogens (tertiary/aromatic N) is 3. The van der Waals surface area contributed by atoms with Gasteiger partial charge in [0.15, 0.2) is 6.19 Å². The lowest BCUT2D eigenvalue weighted by Gasteiger charge is -2.12. The number of primary amides is 1. The molecule has 3 rings (SSSR count). The third-order valence-corrected chi connectivity index (χ3v) is 3.89. The molecule has 8 heteroatoms. The minimum absolute atomic E-state index is 0.178. The number of nitriles is 1. The molecule has 0 fully saturated rings. The van der Waals surface area contributed by atoms with Crippen LogP contribution in [0.5, 0.6) is 0 Å². The van der Waals surface area contributed by atoms with Crippen LogP contribution in [0.1, 0.15) is 10.4 Å². The van der Waals surface area contributed by atoms with Crippen molar-refractivity contribution in [1.82, 2.24) is 9.88 Å². The van der Waals surface area contributed by atoms with E-state index in [2.05, 4.69) is 21.8 Å². The zero-order valence-electron chi connectivity index (χ0n) is 13.9. The Morgan fingerprint density at radius 1 is 1.23 bits per heavy atom. The second kappa shape index (κ2) is 7.36. The van der Waals surface area contributed by atoms with E-state index in [4.69, 9.17) is 11.1 Å². The van der Waals surface area contributed by atoms with E-state index >= 15 is 0 Å². The molecule has 0 saturated carbocycles. The number of amides is 1. The van der Waals surface area contributed by atoms with Crippen molar-refractivity contribution in [2.45, 2.75) is 0 Å². The summed E-state index contributed by atoms with van der Waals surface area (Å²) in [5.41, 5.74) is 7.82. The molecule has 5 N–H and O–H groups in total. The fraction of sp³-hybridized carbons (Fsp3) is 0.111. The van der Waals surface area contributed by atoms with Crippen LogP contribution in [0.25, 0.3) is 0 Å². The van der Waals surface area contributed by atoms with Crippen LogP contribution in [-0.4, -0.2) is 34.7 Å². The van der Waals surface area contributed by atoms with E-state index in [1.54, 1.807) is 47.5 Å². The van der Waals surface area contributed by atoms with Gasteiger partial charge in [0.1, 0.15) is 11.7 Å². The van der Waals surface area contributed by atoms with Gasteiger partial charge in [-0.2, -0.15) is 5.26 Å². The highest BCUT2D eigenvalue weighted by atomic mass is 16.1. The van der Waals surface area contributed by atoms with Crippen LogP contribution < -0.4 is 16.4 Å². The van der Waals surface area contributed by atoms with Gasteiger partial charge in [0.05, 0.1) is 13.1 Å². The average Bonchev–Trinajstić information content (AvgIpc) is 3.06. The van der Waals surface area contributed by atoms with Crippen molar-refractivity contribution >= 4 is 23.2 Å². The average molecular weight is 347 g/mol. The highest BCUT2D eigenvalue weighted by Crippen LogP contribution is 2.21. The number of hydrogen-bond acceptors (Lipinski definition) is 6. The van der Waals surface area contributed by atoms with Crippen molar-refractivity contribution in [3.63, 3.8) is 0 Å². The normalized spacial score (nSPS) is 13.3. The predicted octanol–water partition coefficient (Wildman–Crippen LogP) is 1.73. The van der Waals surface area contributed by atoms with Gasteiger partial charge < -0.3 is 21.3 Å². The molecular weight excluding hydrogens is 330 g/mol. The minimum atomic E-state index is -0.491. The first kappa shape index (κ1) is 17.0. The van der Waals surface area contributed by atoms with Gasteiger partial charge in [-0.25, -0.2) is 4.98 Å². The summed E-state index contributed by atoms with van der Waals surface area (Å²) in [5, 5.41) is 23.7. The van der Waals surface area contributed by atoms with Crippen LogP contribution in [0.4, 0.5) is 11.5 Å². The third-order valence-electron chi connectivity index (χ3n) is 3.89. The maximum absolute atomic E-state index is 11.2. The molecule has 1 aromatic heterocycles. The Kier molecular flexibility index (Phi) is 4.80. The van der Waals surface area contributed by atoms with E-state index in [0.29, 0.717) is 30.0 Å². The number of amidine groups is 1. The standard InChI is InChI=1S/C18H17N7O/c19-11-25-9-14(17(20)24-16-3-1-2-8-22-16)15(10-25)23-13-6-4-12(5-7-13)18(21)26/h1-8,23H,9-10H2,(H2,21,26)(H2,20,22,24). The summed E-state index contributed by atoms with van der Waals surface area (Å²) < 4.78 is 0. The smallest absolute Gasteiger partial charge is 0.248 e. The summed E-state index contributed by atoms with van der Waals surface area (Å²) >= 11 is 0. The topological polar surface area (TPSA) is 131 Å². The van der Waals surface area contributed by atoms with Crippen molar-refractivity contribution in [1.29, 1.82) is 10.7 Å². The van der Waals surface area contributed by atoms with Crippen LogP contribution >= 0.6 is 0 Å². The molecule has 0 unspecified atom stereocenters. The Bertz CT molecular complexity index is 897. The number of carbonyl (C=O) groups excluding carboxylic acids is 1. The Morgan fingerprint density at radius 3 is 2.62 bits per heavy atom. The molecule has 2 aromatic rings. The Labute approximate surface area is 150 Å². The molecule has 1 aliphatic rings. The summed E-state index contributed by atoms with van der Waals surface area (Å²) in [7, 11) is 0. The third kappa shape index (κ3) is 3.79. The van der Waals surface area contributed by atoms with Gasteiger partial charge >= 0.3 is 0 Å². The molecule has 1 aliphatic heterocycles. The molecule has 0 bridgehead atoms. The largest absolute Gasteiger partial charge is 0.366 e. The molecule has 1 amide bonds. The fourth-order valence-electron chi connectivity index (χ4n) is 2.58. The zero-order valence-corrected chi connectivity index (χ0v) is 13.9. The van der Waals surface area contributed by atoms with Crippen molar-refractivity contribution in [2.75, 3.05) is 23.7 Å². The maximum Gasteiger partial charge on any atom is 0.248 e. The molecule has 0 atom stereocenters. The first-order valence-corrected chi connectivity index (χ1v) is 7.87. The second-order valence-corrected chi connectivity index (χ2v) is 5.69. The molecule has 130 valence electrons. The molecule has 8 nitrogen and oxygen atoms in total. The lowest BCUT2D eigenvalue weighted by Crippen LogP contribution is -2.20. The summed E-state index contributed by atoms with van der Waals surface area (Å²) in [6.07, 6.45) is 3.74. The maximum atomic E-state index is 11.2. The number of anilines is 2. The second-order valence-electron chi connectivity index (χ2n) is 5.69. The van der Waals surface area contributed by atoms with Crippen molar-refractivity contribution < 1.29 is 4.79 Å². The fourth-order valence-corrected chi connectivity index (χ4v) is 2.58. The van der Waals surface area contributed by atoms with Gasteiger partial charge in [0.2, 0.25) is 5.91 Å². The molecule has 0 aliphatic carbocycles. The van der Waals surface area contributed by atoms with E-state index in [9.17, 15) is 10.1 Å². The zero-order chi connectivity index (χ0) is 18.5. The quantitative estimate of drug-likeness (QED) is 0.370. The summed E-state index contributed by atoms with van der Waals surface area (Å²) in [6.45, 7) is 0.701. The lowest BCUT2D eigenvalue weighted by atomic mass is 10.1. The number of benzene rings is 1. The van der Waals surface area contributed by atoms with E-state index in [1.165, 1.54) is 0 Å². The van der Waals surface area contributed by atoms with Gasteiger partial charge in [-0.15, -0.1) is 0 Å². The van der Waals surface area contributed by atoms with Crippen LogP contribution in [0, 0.1) is 16.9 Å². The summed E-state index contributed by atoms with van der Waals surface area (Å²) in [6, 6.07) is 12.1. The van der Waals surface area contributed by atoms with Gasteiger partial charge in [-0.05, 0) is 36.4 Å². The van der Waals surface area contributed by atoms with Crippen LogP contribution in [0.3, 0.4) is 0 Å². The Hall–Kier alpha value is -3.86. The van der Waals surface area contributed by atoms with Gasteiger partial charge in [-0.1, -0.05) is 6.07 Å². The number of nitrogens with one attached hydrogen (secondary N) is 3. The van der Waals surface area contributed by atoms with E-state index in [-0.39, 0.29) is 5.84 Å².